The zero-order valence-corrected chi connectivity index (χ0v) is 19.0. The number of hydrogen-bond acceptors (Lipinski definition) is 6. The van der Waals surface area contributed by atoms with Gasteiger partial charge in [-0.1, -0.05) is 41.5 Å². The number of carboxylic acid groups (broad SMARTS) is 1. The zero-order chi connectivity index (χ0) is 22.9. The van der Waals surface area contributed by atoms with Crippen LogP contribution in [0.3, 0.4) is 0 Å². The Kier molecular flexibility index (Phi) is 11.9. The highest BCUT2D eigenvalue weighted by atomic mass is 32.1. The Balaban J connectivity index is 5.25. The van der Waals surface area contributed by atoms with Crippen molar-refractivity contribution in [2.24, 2.45) is 23.5 Å². The SMILES string of the molecule is CC(C)CC(N)C(=O)NC(C(=O)NC(C(=O)NC(CS)C(=O)O)C(C)C)C(C)C. The Morgan fingerprint density at radius 1 is 0.828 bits per heavy atom. The third kappa shape index (κ3) is 9.49. The van der Waals surface area contributed by atoms with Crippen LogP contribution >= 0.6 is 12.6 Å². The number of thiol groups is 1. The molecule has 0 bridgehead atoms. The molecule has 29 heavy (non-hydrogen) atoms. The van der Waals surface area contributed by atoms with Crippen LogP contribution in [-0.4, -0.2) is 58.7 Å². The van der Waals surface area contributed by atoms with E-state index in [1.54, 1.807) is 27.7 Å². The molecule has 0 fully saturated rings. The van der Waals surface area contributed by atoms with Crippen LogP contribution in [0.5, 0.6) is 0 Å². The molecule has 9 nitrogen and oxygen atoms in total. The largest absolute Gasteiger partial charge is 0.480 e. The molecule has 0 aromatic heterocycles. The maximum absolute atomic E-state index is 12.8. The average molecular weight is 433 g/mol. The van der Waals surface area contributed by atoms with E-state index in [4.69, 9.17) is 10.8 Å². The summed E-state index contributed by atoms with van der Waals surface area (Å²) in [5, 5.41) is 16.7. The van der Waals surface area contributed by atoms with E-state index in [9.17, 15) is 19.2 Å². The number of amides is 3. The summed E-state index contributed by atoms with van der Waals surface area (Å²) in [6.07, 6.45) is 0.482. The van der Waals surface area contributed by atoms with E-state index in [0.29, 0.717) is 6.42 Å². The zero-order valence-electron chi connectivity index (χ0n) is 18.1. The Morgan fingerprint density at radius 2 is 1.24 bits per heavy atom. The average Bonchev–Trinajstić information content (AvgIpc) is 2.59. The maximum atomic E-state index is 12.8. The molecule has 0 aromatic carbocycles. The quantitative estimate of drug-likeness (QED) is 0.241. The van der Waals surface area contributed by atoms with E-state index in [2.05, 4.69) is 28.6 Å². The second-order valence-electron chi connectivity index (χ2n) is 8.28. The number of carbonyl (C=O) groups excluding carboxylic acids is 3. The molecule has 0 rings (SSSR count). The molecule has 0 aliphatic heterocycles. The third-order valence-electron chi connectivity index (χ3n) is 4.35. The Bertz CT molecular complexity index is 583. The lowest BCUT2D eigenvalue weighted by Crippen LogP contribution is -2.59. The topological polar surface area (TPSA) is 151 Å². The second-order valence-corrected chi connectivity index (χ2v) is 8.64. The van der Waals surface area contributed by atoms with E-state index in [0.717, 1.165) is 0 Å². The van der Waals surface area contributed by atoms with Crippen molar-refractivity contribution in [1.82, 2.24) is 16.0 Å². The van der Waals surface area contributed by atoms with Crippen molar-refractivity contribution < 1.29 is 24.3 Å². The number of nitrogens with one attached hydrogen (secondary N) is 3. The molecule has 0 saturated carbocycles. The van der Waals surface area contributed by atoms with E-state index in [-0.39, 0.29) is 23.5 Å². The van der Waals surface area contributed by atoms with E-state index in [1.807, 2.05) is 13.8 Å². The molecule has 4 atom stereocenters. The van der Waals surface area contributed by atoms with Crippen LogP contribution in [0, 0.1) is 17.8 Å². The van der Waals surface area contributed by atoms with Crippen LogP contribution in [0.4, 0.5) is 0 Å². The van der Waals surface area contributed by atoms with Gasteiger partial charge in [0.05, 0.1) is 6.04 Å². The number of carboxylic acids is 1. The summed E-state index contributed by atoms with van der Waals surface area (Å²) in [6.45, 7) is 10.9. The molecule has 0 radical (unpaired) electrons. The fraction of sp³-hybridized carbons (Fsp3) is 0.789. The Labute approximate surface area is 178 Å². The molecule has 4 unspecified atom stereocenters. The van der Waals surface area contributed by atoms with Gasteiger partial charge in [0.1, 0.15) is 18.1 Å². The van der Waals surface area contributed by atoms with Gasteiger partial charge in [-0.2, -0.15) is 12.6 Å². The van der Waals surface area contributed by atoms with Gasteiger partial charge < -0.3 is 26.8 Å². The summed E-state index contributed by atoms with van der Waals surface area (Å²) in [5.74, 6) is -3.21. The van der Waals surface area contributed by atoms with E-state index < -0.39 is 47.9 Å². The fourth-order valence-electron chi connectivity index (χ4n) is 2.64. The minimum absolute atomic E-state index is 0.0851. The van der Waals surface area contributed by atoms with Crippen molar-refractivity contribution in [2.45, 2.75) is 72.1 Å². The van der Waals surface area contributed by atoms with Crippen LogP contribution < -0.4 is 21.7 Å². The number of nitrogens with two attached hydrogens (primary N) is 1. The second kappa shape index (κ2) is 12.7. The predicted octanol–water partition coefficient (Wildman–Crippen LogP) is 0.141. The molecule has 168 valence electrons. The van der Waals surface area contributed by atoms with Crippen LogP contribution in [0.1, 0.15) is 48.0 Å². The molecule has 3 amide bonds. The lowest BCUT2D eigenvalue weighted by Gasteiger charge is -2.28. The highest BCUT2D eigenvalue weighted by Gasteiger charge is 2.32. The van der Waals surface area contributed by atoms with Gasteiger partial charge in [-0.25, -0.2) is 4.79 Å². The molecule has 0 spiro atoms. The highest BCUT2D eigenvalue weighted by Crippen LogP contribution is 2.09. The van der Waals surface area contributed by atoms with E-state index in [1.165, 1.54) is 0 Å². The third-order valence-corrected chi connectivity index (χ3v) is 4.72. The first-order chi connectivity index (χ1) is 13.3. The molecular formula is C19H36N4O5S. The summed E-state index contributed by atoms with van der Waals surface area (Å²) in [6, 6.07) is -3.75. The highest BCUT2D eigenvalue weighted by molar-refractivity contribution is 7.80. The molecule has 0 heterocycles. The van der Waals surface area contributed by atoms with Gasteiger partial charge >= 0.3 is 5.97 Å². The van der Waals surface area contributed by atoms with Crippen LogP contribution in [0.2, 0.25) is 0 Å². The van der Waals surface area contributed by atoms with Crippen LogP contribution in [0.25, 0.3) is 0 Å². The number of rotatable bonds is 12. The normalized spacial score (nSPS) is 15.6. The molecule has 0 aliphatic carbocycles. The minimum atomic E-state index is -1.21. The van der Waals surface area contributed by atoms with Crippen molar-refractivity contribution >= 4 is 36.3 Å². The van der Waals surface area contributed by atoms with Crippen molar-refractivity contribution in [1.29, 1.82) is 0 Å². The monoisotopic (exact) mass is 432 g/mol. The smallest absolute Gasteiger partial charge is 0.327 e. The van der Waals surface area contributed by atoms with Gasteiger partial charge in [-0.05, 0) is 24.2 Å². The summed E-state index contributed by atoms with van der Waals surface area (Å²) in [5.41, 5.74) is 5.89. The van der Waals surface area contributed by atoms with Crippen molar-refractivity contribution in [3.8, 4) is 0 Å². The van der Waals surface area contributed by atoms with Gasteiger partial charge in [0, 0.05) is 5.75 Å². The molecule has 0 saturated heterocycles. The van der Waals surface area contributed by atoms with Gasteiger partial charge in [-0.3, -0.25) is 14.4 Å². The number of carbonyl (C=O) groups is 4. The van der Waals surface area contributed by atoms with E-state index >= 15 is 0 Å². The lowest BCUT2D eigenvalue weighted by molar-refractivity contribution is -0.142. The van der Waals surface area contributed by atoms with Crippen LogP contribution in [-0.2, 0) is 19.2 Å². The van der Waals surface area contributed by atoms with Crippen molar-refractivity contribution in [2.75, 3.05) is 5.75 Å². The summed E-state index contributed by atoms with van der Waals surface area (Å²) in [7, 11) is 0. The van der Waals surface area contributed by atoms with Crippen molar-refractivity contribution in [3.63, 3.8) is 0 Å². The molecule has 0 aliphatic rings. The Hall–Kier alpha value is -1.81. The first-order valence-electron chi connectivity index (χ1n) is 9.82. The predicted molar refractivity (Wildman–Crippen MR) is 114 cm³/mol. The van der Waals surface area contributed by atoms with Gasteiger partial charge in [-0.15, -0.1) is 0 Å². The summed E-state index contributed by atoms with van der Waals surface area (Å²) >= 11 is 3.92. The minimum Gasteiger partial charge on any atom is -0.480 e. The lowest BCUT2D eigenvalue weighted by atomic mass is 9.98. The molecule has 6 N–H and O–H groups in total. The molecule has 0 aromatic rings. The van der Waals surface area contributed by atoms with Gasteiger partial charge in [0.15, 0.2) is 0 Å². The van der Waals surface area contributed by atoms with Gasteiger partial charge in [0.25, 0.3) is 0 Å². The summed E-state index contributed by atoms with van der Waals surface area (Å²) < 4.78 is 0. The van der Waals surface area contributed by atoms with Crippen LogP contribution in [0.15, 0.2) is 0 Å². The first-order valence-corrected chi connectivity index (χ1v) is 10.4. The van der Waals surface area contributed by atoms with Crippen molar-refractivity contribution in [3.05, 3.63) is 0 Å². The standard InChI is InChI=1S/C19H36N4O5S/c1-9(2)7-12(20)16(24)22-15(11(5)6)18(26)23-14(10(3)4)17(25)21-13(8-29)19(27)28/h9-15,29H,7-8,20H2,1-6H3,(H,21,25)(H,22,24)(H,23,26)(H,27,28). The Morgan fingerprint density at radius 3 is 1.59 bits per heavy atom. The fourth-order valence-corrected chi connectivity index (χ4v) is 2.88. The number of hydrogen-bond donors (Lipinski definition) is 6. The summed E-state index contributed by atoms with van der Waals surface area (Å²) in [4.78, 5) is 48.8. The first kappa shape index (κ1) is 27.2. The number of aliphatic carboxylic acids is 1. The van der Waals surface area contributed by atoms with Gasteiger partial charge in [0.2, 0.25) is 17.7 Å². The maximum Gasteiger partial charge on any atom is 0.327 e. The molecular weight excluding hydrogens is 396 g/mol. The molecule has 10 heteroatoms.